The van der Waals surface area contributed by atoms with Crippen LogP contribution in [0.5, 0.6) is 5.75 Å². The van der Waals surface area contributed by atoms with E-state index in [1.807, 2.05) is 24.3 Å². The lowest BCUT2D eigenvalue weighted by atomic mass is 10.0. The number of likely N-dealkylation sites (tertiary alicyclic amines) is 1. The highest BCUT2D eigenvalue weighted by atomic mass is 16.5. The van der Waals surface area contributed by atoms with Crippen molar-refractivity contribution >= 4 is 0 Å². The summed E-state index contributed by atoms with van der Waals surface area (Å²) in [5.74, 6) is 0.898. The fourth-order valence-corrected chi connectivity index (χ4v) is 3.14. The molecule has 4 nitrogen and oxygen atoms in total. The van der Waals surface area contributed by atoms with E-state index in [1.54, 1.807) is 6.20 Å². The Balaban J connectivity index is 1.56. The maximum atomic E-state index is 5.89. The Labute approximate surface area is 144 Å². The molecule has 1 saturated heterocycles. The van der Waals surface area contributed by atoms with Crippen LogP contribution in [0.1, 0.15) is 37.1 Å². The van der Waals surface area contributed by atoms with E-state index in [-0.39, 0.29) is 0 Å². The molecule has 4 heteroatoms. The highest BCUT2D eigenvalue weighted by molar-refractivity contribution is 5.30. The van der Waals surface area contributed by atoms with Crippen LogP contribution in [0.3, 0.4) is 0 Å². The number of rotatable bonds is 6. The number of nitrogens with one attached hydrogen (secondary N) is 1. The van der Waals surface area contributed by atoms with E-state index >= 15 is 0 Å². The fourth-order valence-electron chi connectivity index (χ4n) is 3.14. The van der Waals surface area contributed by atoms with Crippen LogP contribution in [0.25, 0.3) is 0 Å². The van der Waals surface area contributed by atoms with Crippen LogP contribution in [-0.2, 0) is 6.61 Å². The van der Waals surface area contributed by atoms with Crippen molar-refractivity contribution in [3.8, 4) is 5.75 Å². The van der Waals surface area contributed by atoms with Crippen LogP contribution < -0.4 is 10.1 Å². The van der Waals surface area contributed by atoms with E-state index in [2.05, 4.69) is 47.4 Å². The van der Waals surface area contributed by atoms with Crippen molar-refractivity contribution in [2.24, 2.45) is 0 Å². The second kappa shape index (κ2) is 8.27. The van der Waals surface area contributed by atoms with Gasteiger partial charge in [0.1, 0.15) is 12.4 Å². The predicted octanol–water partition coefficient (Wildman–Crippen LogP) is 3.41. The summed E-state index contributed by atoms with van der Waals surface area (Å²) in [7, 11) is 2.20. The zero-order chi connectivity index (χ0) is 16.8. The monoisotopic (exact) mass is 325 g/mol. The molecule has 24 heavy (non-hydrogen) atoms. The number of benzene rings is 1. The van der Waals surface area contributed by atoms with Crippen molar-refractivity contribution in [2.75, 3.05) is 20.1 Å². The average molecular weight is 325 g/mol. The minimum atomic E-state index is 0.330. The van der Waals surface area contributed by atoms with Gasteiger partial charge in [-0.1, -0.05) is 18.2 Å². The molecular formula is C20H27N3O. The largest absolute Gasteiger partial charge is 0.487 e. The van der Waals surface area contributed by atoms with Gasteiger partial charge in [-0.2, -0.15) is 0 Å². The molecule has 1 fully saturated rings. The molecule has 0 aliphatic carbocycles. The first-order valence-corrected chi connectivity index (χ1v) is 8.78. The van der Waals surface area contributed by atoms with Crippen LogP contribution in [0, 0.1) is 0 Å². The van der Waals surface area contributed by atoms with Gasteiger partial charge in [0, 0.05) is 18.3 Å². The molecule has 0 unspecified atom stereocenters. The van der Waals surface area contributed by atoms with Crippen molar-refractivity contribution in [1.29, 1.82) is 0 Å². The van der Waals surface area contributed by atoms with Gasteiger partial charge in [-0.05, 0) is 69.7 Å². The molecule has 0 bridgehead atoms. The third-order valence-electron chi connectivity index (χ3n) is 4.68. The second-order valence-electron chi connectivity index (χ2n) is 6.65. The van der Waals surface area contributed by atoms with E-state index in [4.69, 9.17) is 4.74 Å². The van der Waals surface area contributed by atoms with Gasteiger partial charge in [0.15, 0.2) is 0 Å². The van der Waals surface area contributed by atoms with Crippen molar-refractivity contribution in [2.45, 2.75) is 38.5 Å². The lowest BCUT2D eigenvalue weighted by Gasteiger charge is -2.31. The fraction of sp³-hybridized carbons (Fsp3) is 0.450. The molecule has 0 spiro atoms. The molecule has 0 saturated carbocycles. The molecule has 2 aromatic rings. The summed E-state index contributed by atoms with van der Waals surface area (Å²) in [6, 6.07) is 15.2. The summed E-state index contributed by atoms with van der Waals surface area (Å²) in [5.41, 5.74) is 2.22. The first kappa shape index (κ1) is 16.9. The van der Waals surface area contributed by atoms with Gasteiger partial charge >= 0.3 is 0 Å². The SMILES string of the molecule is C[C@@H](NC1CCN(C)CC1)c1cccc(OCc2ccccn2)c1. The molecular weight excluding hydrogens is 298 g/mol. The minimum absolute atomic E-state index is 0.330. The van der Waals surface area contributed by atoms with Crippen molar-refractivity contribution in [1.82, 2.24) is 15.2 Å². The Morgan fingerprint density at radius 1 is 1.21 bits per heavy atom. The Bertz CT molecular complexity index is 624. The first-order valence-electron chi connectivity index (χ1n) is 8.78. The number of pyridine rings is 1. The van der Waals surface area contributed by atoms with Crippen molar-refractivity contribution in [3.05, 3.63) is 59.9 Å². The first-order chi connectivity index (χ1) is 11.7. The van der Waals surface area contributed by atoms with Crippen molar-refractivity contribution < 1.29 is 4.74 Å². The summed E-state index contributed by atoms with van der Waals surface area (Å²) >= 11 is 0. The van der Waals surface area contributed by atoms with Gasteiger partial charge in [-0.3, -0.25) is 4.98 Å². The van der Waals surface area contributed by atoms with E-state index in [0.717, 1.165) is 11.4 Å². The summed E-state index contributed by atoms with van der Waals surface area (Å²) in [5, 5.41) is 3.76. The smallest absolute Gasteiger partial charge is 0.130 e. The van der Waals surface area contributed by atoms with Crippen LogP contribution in [0.15, 0.2) is 48.7 Å². The summed E-state index contributed by atoms with van der Waals surface area (Å²) in [6.07, 6.45) is 4.23. The standard InChI is InChI=1S/C20H27N3O/c1-16(22-18-9-12-23(2)13-10-18)17-6-5-8-20(14-17)24-15-19-7-3-4-11-21-19/h3-8,11,14,16,18,22H,9-10,12-13,15H2,1-2H3/t16-/m1/s1. The van der Waals surface area contributed by atoms with Crippen LogP contribution in [0.2, 0.25) is 0 Å². The molecule has 128 valence electrons. The predicted molar refractivity (Wildman–Crippen MR) is 97.1 cm³/mol. The molecule has 1 aliphatic rings. The summed E-state index contributed by atoms with van der Waals surface area (Å²) < 4.78 is 5.89. The second-order valence-corrected chi connectivity index (χ2v) is 6.65. The molecule has 1 aromatic carbocycles. The normalized spacial score (nSPS) is 17.6. The highest BCUT2D eigenvalue weighted by Crippen LogP contribution is 2.21. The van der Waals surface area contributed by atoms with Crippen LogP contribution in [0.4, 0.5) is 0 Å². The summed E-state index contributed by atoms with van der Waals surface area (Å²) in [6.45, 7) is 5.09. The van der Waals surface area contributed by atoms with Crippen LogP contribution >= 0.6 is 0 Å². The third kappa shape index (κ3) is 4.79. The van der Waals surface area contributed by atoms with E-state index < -0.39 is 0 Å². The summed E-state index contributed by atoms with van der Waals surface area (Å²) in [4.78, 5) is 6.69. The Morgan fingerprint density at radius 2 is 2.04 bits per heavy atom. The molecule has 0 amide bonds. The van der Waals surface area contributed by atoms with Gasteiger partial charge in [0.05, 0.1) is 5.69 Å². The molecule has 1 atom stereocenters. The number of hydrogen-bond acceptors (Lipinski definition) is 4. The highest BCUT2D eigenvalue weighted by Gasteiger charge is 2.18. The van der Waals surface area contributed by atoms with Gasteiger partial charge in [0.25, 0.3) is 0 Å². The number of aromatic nitrogens is 1. The Morgan fingerprint density at radius 3 is 2.79 bits per heavy atom. The van der Waals surface area contributed by atoms with E-state index in [0.29, 0.717) is 18.7 Å². The molecule has 1 N–H and O–H groups in total. The number of piperidine rings is 1. The van der Waals surface area contributed by atoms with Gasteiger partial charge < -0.3 is 15.0 Å². The number of hydrogen-bond donors (Lipinski definition) is 1. The molecule has 0 radical (unpaired) electrons. The molecule has 1 aromatic heterocycles. The third-order valence-corrected chi connectivity index (χ3v) is 4.68. The minimum Gasteiger partial charge on any atom is -0.487 e. The van der Waals surface area contributed by atoms with Crippen molar-refractivity contribution in [3.63, 3.8) is 0 Å². The van der Waals surface area contributed by atoms with Gasteiger partial charge in [0.2, 0.25) is 0 Å². The van der Waals surface area contributed by atoms with E-state index in [9.17, 15) is 0 Å². The van der Waals surface area contributed by atoms with Crippen LogP contribution in [-0.4, -0.2) is 36.1 Å². The zero-order valence-electron chi connectivity index (χ0n) is 14.6. The maximum Gasteiger partial charge on any atom is 0.130 e. The van der Waals surface area contributed by atoms with E-state index in [1.165, 1.54) is 31.5 Å². The number of ether oxygens (including phenoxy) is 1. The molecule has 1 aliphatic heterocycles. The lowest BCUT2D eigenvalue weighted by molar-refractivity contribution is 0.226. The average Bonchev–Trinajstić information content (AvgIpc) is 2.63. The quantitative estimate of drug-likeness (QED) is 0.883. The van der Waals surface area contributed by atoms with Gasteiger partial charge in [-0.15, -0.1) is 0 Å². The lowest BCUT2D eigenvalue weighted by Crippen LogP contribution is -2.41. The molecule has 3 rings (SSSR count). The maximum absolute atomic E-state index is 5.89. The number of nitrogens with zero attached hydrogens (tertiary/aromatic N) is 2. The topological polar surface area (TPSA) is 37.4 Å². The Kier molecular flexibility index (Phi) is 5.83. The Hall–Kier alpha value is -1.91. The van der Waals surface area contributed by atoms with Gasteiger partial charge in [-0.25, -0.2) is 0 Å². The zero-order valence-corrected chi connectivity index (χ0v) is 14.6. The molecule has 2 heterocycles.